The Bertz CT molecular complexity index is 1690. The molecule has 2 aliphatic rings. The number of carbonyl (C=O) groups is 2. The standard InChI is InChI=1S/C35H37Cl2N7O4/c1-47-34-26(11-3-6-21-12-13-30(45)42-21)39-18-27(43-34)24-9-4-7-22(32(24)36)23-8-5-10-25(33(23)37)28-19-40-29(35(44-28)48-2)17-38-15-20-14-31(46)41-16-20/h4-5,7-10,18-21,38H,3,6,11-17H2,1-2H3,(H,41,46)(H,42,45)/t20-,21+/m0/s1. The number of halogens is 2. The van der Waals surface area contributed by atoms with E-state index < -0.39 is 0 Å². The summed E-state index contributed by atoms with van der Waals surface area (Å²) in [5.74, 6) is 1.29. The number of hydrogen-bond donors (Lipinski definition) is 3. The highest BCUT2D eigenvalue weighted by atomic mass is 35.5. The molecule has 3 N–H and O–H groups in total. The number of nitrogens with one attached hydrogen (secondary N) is 3. The number of benzene rings is 2. The molecule has 0 bridgehead atoms. The van der Waals surface area contributed by atoms with E-state index in [0.29, 0.717) is 88.9 Å². The van der Waals surface area contributed by atoms with Crippen LogP contribution in [0.1, 0.15) is 43.5 Å². The molecule has 250 valence electrons. The molecule has 0 saturated carbocycles. The van der Waals surface area contributed by atoms with Crippen molar-refractivity contribution in [3.8, 4) is 45.4 Å². The third kappa shape index (κ3) is 7.53. The number of amides is 2. The first kappa shape index (κ1) is 33.6. The van der Waals surface area contributed by atoms with Crippen molar-refractivity contribution in [1.82, 2.24) is 35.9 Å². The molecule has 2 fully saturated rings. The van der Waals surface area contributed by atoms with Gasteiger partial charge in [0, 0.05) is 60.8 Å². The number of methoxy groups -OCH3 is 2. The molecule has 11 nitrogen and oxygen atoms in total. The summed E-state index contributed by atoms with van der Waals surface area (Å²) in [6.45, 7) is 1.81. The second-order valence-electron chi connectivity index (χ2n) is 12.0. The molecule has 2 aromatic carbocycles. The number of carbonyl (C=O) groups excluding carboxylic acids is 2. The van der Waals surface area contributed by atoms with Crippen molar-refractivity contribution in [2.75, 3.05) is 27.3 Å². The Kier molecular flexibility index (Phi) is 10.7. The predicted octanol–water partition coefficient (Wildman–Crippen LogP) is 5.42. The van der Waals surface area contributed by atoms with Crippen LogP contribution in [0.4, 0.5) is 0 Å². The monoisotopic (exact) mass is 689 g/mol. The van der Waals surface area contributed by atoms with Gasteiger partial charge in [-0.2, -0.15) is 0 Å². The van der Waals surface area contributed by atoms with Gasteiger partial charge in [-0.15, -0.1) is 0 Å². The molecule has 13 heteroatoms. The van der Waals surface area contributed by atoms with E-state index in [-0.39, 0.29) is 23.8 Å². The highest BCUT2D eigenvalue weighted by Crippen LogP contribution is 2.42. The van der Waals surface area contributed by atoms with Gasteiger partial charge in [-0.1, -0.05) is 59.6 Å². The van der Waals surface area contributed by atoms with Gasteiger partial charge in [0.15, 0.2) is 0 Å². The molecular formula is C35H37Cl2N7O4. The van der Waals surface area contributed by atoms with Gasteiger partial charge < -0.3 is 25.4 Å². The van der Waals surface area contributed by atoms with Crippen LogP contribution in [0.15, 0.2) is 48.8 Å². The summed E-state index contributed by atoms with van der Waals surface area (Å²) in [5, 5.41) is 10.2. The normalized spacial score (nSPS) is 17.3. The second kappa shape index (κ2) is 15.3. The fourth-order valence-corrected chi connectivity index (χ4v) is 6.81. The van der Waals surface area contributed by atoms with Gasteiger partial charge in [-0.3, -0.25) is 19.6 Å². The predicted molar refractivity (Wildman–Crippen MR) is 184 cm³/mol. The van der Waals surface area contributed by atoms with E-state index in [9.17, 15) is 9.59 Å². The van der Waals surface area contributed by atoms with Crippen LogP contribution in [0.2, 0.25) is 10.0 Å². The average molecular weight is 691 g/mol. The molecule has 4 aromatic rings. The molecule has 0 aliphatic carbocycles. The lowest BCUT2D eigenvalue weighted by Gasteiger charge is -2.15. The van der Waals surface area contributed by atoms with E-state index >= 15 is 0 Å². The Labute approximate surface area is 289 Å². The van der Waals surface area contributed by atoms with Crippen LogP contribution in [0.3, 0.4) is 0 Å². The van der Waals surface area contributed by atoms with E-state index in [0.717, 1.165) is 36.1 Å². The third-order valence-electron chi connectivity index (χ3n) is 8.69. The number of rotatable bonds is 13. The van der Waals surface area contributed by atoms with Gasteiger partial charge in [0.25, 0.3) is 0 Å². The van der Waals surface area contributed by atoms with Gasteiger partial charge in [0.05, 0.1) is 48.0 Å². The van der Waals surface area contributed by atoms with Crippen molar-refractivity contribution >= 4 is 35.0 Å². The highest BCUT2D eigenvalue weighted by Gasteiger charge is 2.23. The molecule has 2 saturated heterocycles. The first-order valence-electron chi connectivity index (χ1n) is 16.0. The molecule has 2 aromatic heterocycles. The van der Waals surface area contributed by atoms with Gasteiger partial charge >= 0.3 is 0 Å². The van der Waals surface area contributed by atoms with Crippen LogP contribution in [0.5, 0.6) is 11.8 Å². The first-order chi connectivity index (χ1) is 23.3. The second-order valence-corrected chi connectivity index (χ2v) is 12.7. The van der Waals surface area contributed by atoms with Crippen LogP contribution < -0.4 is 25.4 Å². The Hall–Kier alpha value is -4.32. The van der Waals surface area contributed by atoms with Crippen molar-refractivity contribution in [2.24, 2.45) is 5.92 Å². The van der Waals surface area contributed by atoms with Gasteiger partial charge in [-0.25, -0.2) is 9.97 Å². The summed E-state index contributed by atoms with van der Waals surface area (Å²) in [5.41, 5.74) is 5.38. The topological polar surface area (TPSA) is 140 Å². The number of hydrogen-bond acceptors (Lipinski definition) is 9. The van der Waals surface area contributed by atoms with Crippen LogP contribution in [-0.4, -0.2) is 65.1 Å². The van der Waals surface area contributed by atoms with E-state index in [1.54, 1.807) is 26.6 Å². The lowest BCUT2D eigenvalue weighted by molar-refractivity contribution is -0.120. The van der Waals surface area contributed by atoms with E-state index in [2.05, 4.69) is 25.9 Å². The minimum atomic E-state index is 0.0819. The fourth-order valence-electron chi connectivity index (χ4n) is 6.16. The number of ether oxygens (including phenoxy) is 2. The summed E-state index contributed by atoms with van der Waals surface area (Å²) in [4.78, 5) is 41.8. The maximum atomic E-state index is 11.5. The lowest BCUT2D eigenvalue weighted by Crippen LogP contribution is -2.25. The van der Waals surface area contributed by atoms with Crippen LogP contribution in [-0.2, 0) is 22.6 Å². The van der Waals surface area contributed by atoms with E-state index in [4.69, 9.17) is 42.6 Å². The maximum absolute atomic E-state index is 11.5. The smallest absolute Gasteiger partial charge is 0.237 e. The van der Waals surface area contributed by atoms with Crippen LogP contribution in [0.25, 0.3) is 33.6 Å². The molecule has 48 heavy (non-hydrogen) atoms. The van der Waals surface area contributed by atoms with Gasteiger partial charge in [-0.05, 0) is 31.6 Å². The van der Waals surface area contributed by atoms with Crippen LogP contribution >= 0.6 is 23.2 Å². The van der Waals surface area contributed by atoms with Crippen molar-refractivity contribution < 1.29 is 19.1 Å². The van der Waals surface area contributed by atoms with Crippen molar-refractivity contribution in [1.29, 1.82) is 0 Å². The molecule has 2 aliphatic heterocycles. The van der Waals surface area contributed by atoms with Gasteiger partial charge in [0.1, 0.15) is 11.4 Å². The highest BCUT2D eigenvalue weighted by molar-refractivity contribution is 6.39. The van der Waals surface area contributed by atoms with Crippen LogP contribution in [0, 0.1) is 5.92 Å². The average Bonchev–Trinajstić information content (AvgIpc) is 3.72. The summed E-state index contributed by atoms with van der Waals surface area (Å²) in [6.07, 6.45) is 7.80. The Balaban J connectivity index is 1.20. The molecule has 0 spiro atoms. The Morgan fingerprint density at radius 1 is 0.854 bits per heavy atom. The Morgan fingerprint density at radius 2 is 1.46 bits per heavy atom. The quantitative estimate of drug-likeness (QED) is 0.168. The van der Waals surface area contributed by atoms with Gasteiger partial charge in [0.2, 0.25) is 23.6 Å². The molecular weight excluding hydrogens is 653 g/mol. The largest absolute Gasteiger partial charge is 0.480 e. The first-order valence-corrected chi connectivity index (χ1v) is 16.7. The Morgan fingerprint density at radius 3 is 2.02 bits per heavy atom. The number of aromatic nitrogens is 4. The zero-order chi connectivity index (χ0) is 33.6. The summed E-state index contributed by atoms with van der Waals surface area (Å²) >= 11 is 14.1. The molecule has 2 amide bonds. The molecule has 0 radical (unpaired) electrons. The molecule has 2 atom stereocenters. The minimum absolute atomic E-state index is 0.0819. The SMILES string of the molecule is COc1nc(-c2cccc(-c3cccc(-c4cnc(CNC[C@H]5CNC(=O)C5)c(OC)n4)c3Cl)c2Cl)cnc1CCC[C@@H]1CCC(=O)N1. The van der Waals surface area contributed by atoms with Crippen molar-refractivity contribution in [3.05, 3.63) is 70.2 Å². The zero-order valence-electron chi connectivity index (χ0n) is 26.8. The maximum Gasteiger partial charge on any atom is 0.237 e. The summed E-state index contributed by atoms with van der Waals surface area (Å²) in [7, 11) is 3.14. The molecule has 6 rings (SSSR count). The number of nitrogens with zero attached hydrogens (tertiary/aromatic N) is 4. The molecule has 4 heterocycles. The van der Waals surface area contributed by atoms with E-state index in [1.165, 1.54) is 0 Å². The molecule has 0 unspecified atom stereocenters. The summed E-state index contributed by atoms with van der Waals surface area (Å²) in [6, 6.07) is 11.6. The van der Waals surface area contributed by atoms with Crippen molar-refractivity contribution in [2.45, 2.75) is 51.1 Å². The third-order valence-corrected chi connectivity index (χ3v) is 9.50. The minimum Gasteiger partial charge on any atom is -0.480 e. The zero-order valence-corrected chi connectivity index (χ0v) is 28.3. The lowest BCUT2D eigenvalue weighted by atomic mass is 9.98. The van der Waals surface area contributed by atoms with Crippen molar-refractivity contribution in [3.63, 3.8) is 0 Å². The fraction of sp³-hybridized carbons (Fsp3) is 0.371. The number of aryl methyl sites for hydroxylation is 1. The summed E-state index contributed by atoms with van der Waals surface area (Å²) < 4.78 is 11.2. The van der Waals surface area contributed by atoms with E-state index in [1.807, 2.05) is 36.4 Å².